The van der Waals surface area contributed by atoms with Crippen LogP contribution in [0.1, 0.15) is 40.0 Å². The van der Waals surface area contributed by atoms with E-state index >= 15 is 0 Å². The van der Waals surface area contributed by atoms with Crippen LogP contribution < -0.4 is 0 Å². The molecule has 2 fully saturated rings. The molecule has 1 heterocycles. The van der Waals surface area contributed by atoms with Crippen molar-refractivity contribution in [3.8, 4) is 0 Å². The zero-order valence-corrected chi connectivity index (χ0v) is 10.9. The lowest BCUT2D eigenvalue weighted by atomic mass is 9.78. The monoisotopic (exact) mass is 241 g/mol. The number of carboxylic acid groups (broad SMARTS) is 1. The van der Waals surface area contributed by atoms with Crippen molar-refractivity contribution < 1.29 is 15.0 Å². The van der Waals surface area contributed by atoms with E-state index in [1.807, 2.05) is 13.8 Å². The van der Waals surface area contributed by atoms with Gasteiger partial charge in [-0.1, -0.05) is 13.8 Å². The van der Waals surface area contributed by atoms with E-state index in [1.54, 1.807) is 0 Å². The molecule has 4 heteroatoms. The fraction of sp³-hybridized carbons (Fsp3) is 0.923. The van der Waals surface area contributed by atoms with Gasteiger partial charge in [0.2, 0.25) is 0 Å². The van der Waals surface area contributed by atoms with Crippen LogP contribution >= 0.6 is 0 Å². The Hall–Kier alpha value is -0.610. The van der Waals surface area contributed by atoms with E-state index in [1.165, 1.54) is 12.8 Å². The zero-order chi connectivity index (χ0) is 12.8. The Morgan fingerprint density at radius 2 is 2.00 bits per heavy atom. The van der Waals surface area contributed by atoms with Gasteiger partial charge in [-0.3, -0.25) is 9.69 Å². The molecule has 0 aromatic rings. The lowest BCUT2D eigenvalue weighted by Crippen LogP contribution is -2.47. The van der Waals surface area contributed by atoms with Crippen molar-refractivity contribution in [3.05, 3.63) is 0 Å². The van der Waals surface area contributed by atoms with E-state index < -0.39 is 17.5 Å². The van der Waals surface area contributed by atoms with Crippen LogP contribution in [0.15, 0.2) is 0 Å². The molecule has 0 radical (unpaired) electrons. The number of β-amino-alcohol motifs (C(OH)–C–C–N with tert-alkyl or cyclic N) is 1. The molecule has 2 aliphatic rings. The van der Waals surface area contributed by atoms with Crippen molar-refractivity contribution >= 4 is 5.97 Å². The molecule has 0 spiro atoms. The van der Waals surface area contributed by atoms with Crippen LogP contribution in [-0.2, 0) is 4.79 Å². The van der Waals surface area contributed by atoms with Gasteiger partial charge < -0.3 is 10.2 Å². The second kappa shape index (κ2) is 4.25. The number of aliphatic hydroxyl groups is 1. The maximum Gasteiger partial charge on any atom is 0.309 e. The van der Waals surface area contributed by atoms with Crippen molar-refractivity contribution in [2.45, 2.75) is 57.7 Å². The summed E-state index contributed by atoms with van der Waals surface area (Å²) in [6.45, 7) is 6.37. The summed E-state index contributed by atoms with van der Waals surface area (Å²) < 4.78 is 0. The van der Waals surface area contributed by atoms with Crippen LogP contribution in [-0.4, -0.2) is 45.3 Å². The molecule has 1 aliphatic heterocycles. The van der Waals surface area contributed by atoms with Crippen LogP contribution in [0.5, 0.6) is 0 Å². The number of carboxylic acids is 1. The molecule has 98 valence electrons. The van der Waals surface area contributed by atoms with Gasteiger partial charge in [-0.25, -0.2) is 0 Å². The number of aliphatic carboxylic acids is 1. The summed E-state index contributed by atoms with van der Waals surface area (Å²) in [5, 5.41) is 20.0. The third-order valence-electron chi connectivity index (χ3n) is 4.20. The Balaban J connectivity index is 2.15. The molecule has 0 bridgehead atoms. The third-order valence-corrected chi connectivity index (χ3v) is 4.20. The predicted octanol–water partition coefficient (Wildman–Crippen LogP) is 1.33. The number of hydrogen-bond acceptors (Lipinski definition) is 3. The number of likely N-dealkylation sites (tertiary alicyclic amines) is 1. The Morgan fingerprint density at radius 3 is 2.41 bits per heavy atom. The van der Waals surface area contributed by atoms with Gasteiger partial charge in [0, 0.05) is 18.6 Å². The predicted molar refractivity (Wildman–Crippen MR) is 64.7 cm³/mol. The molecule has 4 nitrogen and oxygen atoms in total. The van der Waals surface area contributed by atoms with Crippen LogP contribution in [0.3, 0.4) is 0 Å². The molecule has 0 aromatic heterocycles. The van der Waals surface area contributed by atoms with Crippen molar-refractivity contribution in [1.29, 1.82) is 0 Å². The number of hydrogen-bond donors (Lipinski definition) is 2. The maximum atomic E-state index is 11.4. The number of nitrogens with zero attached hydrogens (tertiary/aromatic N) is 1. The minimum atomic E-state index is -1.05. The first-order valence-corrected chi connectivity index (χ1v) is 6.56. The quantitative estimate of drug-likeness (QED) is 0.779. The van der Waals surface area contributed by atoms with Crippen molar-refractivity contribution in [1.82, 2.24) is 4.90 Å². The molecule has 1 saturated heterocycles. The minimum absolute atomic E-state index is 0.0381. The lowest BCUT2D eigenvalue weighted by Gasteiger charge is -2.32. The highest BCUT2D eigenvalue weighted by Crippen LogP contribution is 2.42. The van der Waals surface area contributed by atoms with Gasteiger partial charge in [0.25, 0.3) is 0 Å². The van der Waals surface area contributed by atoms with Gasteiger partial charge in [-0.15, -0.1) is 0 Å². The zero-order valence-electron chi connectivity index (χ0n) is 10.9. The van der Waals surface area contributed by atoms with Gasteiger partial charge in [0.1, 0.15) is 0 Å². The summed E-state index contributed by atoms with van der Waals surface area (Å²) in [5.74, 6) is -1.56. The second-order valence-corrected chi connectivity index (χ2v) is 6.12. The molecular weight excluding hydrogens is 218 g/mol. The summed E-state index contributed by atoms with van der Waals surface area (Å²) in [6, 6.07) is 0.883. The van der Waals surface area contributed by atoms with Crippen molar-refractivity contribution in [3.63, 3.8) is 0 Å². The molecule has 1 aliphatic carbocycles. The van der Waals surface area contributed by atoms with E-state index in [9.17, 15) is 15.0 Å². The molecule has 3 atom stereocenters. The highest BCUT2D eigenvalue weighted by atomic mass is 16.4. The SMILES string of the molecule is CC(C)C(C(=O)O)C1(O)CC(C)N(C2CC2)C1. The van der Waals surface area contributed by atoms with Gasteiger partial charge in [-0.05, 0) is 32.1 Å². The molecule has 2 rings (SSSR count). The van der Waals surface area contributed by atoms with Crippen molar-refractivity contribution in [2.75, 3.05) is 6.54 Å². The van der Waals surface area contributed by atoms with Gasteiger partial charge in [0.15, 0.2) is 0 Å². The first kappa shape index (κ1) is 12.8. The molecule has 17 heavy (non-hydrogen) atoms. The Morgan fingerprint density at radius 1 is 1.41 bits per heavy atom. The summed E-state index contributed by atoms with van der Waals surface area (Å²) in [5.41, 5.74) is -1.05. The molecule has 2 N–H and O–H groups in total. The average Bonchev–Trinajstić information content (AvgIpc) is 2.91. The molecular formula is C13H23NO3. The summed E-state index contributed by atoms with van der Waals surface area (Å²) in [6.07, 6.45) is 2.97. The largest absolute Gasteiger partial charge is 0.481 e. The van der Waals surface area contributed by atoms with Crippen LogP contribution in [0.25, 0.3) is 0 Å². The second-order valence-electron chi connectivity index (χ2n) is 6.12. The highest BCUT2D eigenvalue weighted by Gasteiger charge is 2.52. The van der Waals surface area contributed by atoms with Crippen LogP contribution in [0.4, 0.5) is 0 Å². The first-order valence-electron chi connectivity index (χ1n) is 6.56. The Bertz CT molecular complexity index is 314. The third kappa shape index (κ3) is 2.33. The maximum absolute atomic E-state index is 11.4. The molecule has 1 saturated carbocycles. The molecule has 0 amide bonds. The number of carbonyl (C=O) groups is 1. The van der Waals surface area contributed by atoms with Crippen LogP contribution in [0, 0.1) is 11.8 Å². The normalized spacial score (nSPS) is 36.4. The van der Waals surface area contributed by atoms with E-state index in [0.717, 1.165) is 0 Å². The average molecular weight is 241 g/mol. The number of rotatable bonds is 4. The standard InChI is InChI=1S/C13H23NO3/c1-8(2)11(12(15)16)13(17)6-9(3)14(7-13)10-4-5-10/h8-11,17H,4-7H2,1-3H3,(H,15,16). The highest BCUT2D eigenvalue weighted by molar-refractivity contribution is 5.72. The Kier molecular flexibility index (Phi) is 3.21. The van der Waals surface area contributed by atoms with E-state index in [0.29, 0.717) is 25.0 Å². The summed E-state index contributed by atoms with van der Waals surface area (Å²) in [4.78, 5) is 13.6. The fourth-order valence-electron chi connectivity index (χ4n) is 3.42. The smallest absolute Gasteiger partial charge is 0.309 e. The van der Waals surface area contributed by atoms with Gasteiger partial charge in [-0.2, -0.15) is 0 Å². The first-order chi connectivity index (χ1) is 7.85. The van der Waals surface area contributed by atoms with Gasteiger partial charge in [0.05, 0.1) is 11.5 Å². The molecule has 3 unspecified atom stereocenters. The topological polar surface area (TPSA) is 60.8 Å². The fourth-order valence-corrected chi connectivity index (χ4v) is 3.42. The summed E-state index contributed by atoms with van der Waals surface area (Å²) in [7, 11) is 0. The van der Waals surface area contributed by atoms with E-state index in [-0.39, 0.29) is 5.92 Å². The minimum Gasteiger partial charge on any atom is -0.481 e. The summed E-state index contributed by atoms with van der Waals surface area (Å²) >= 11 is 0. The van der Waals surface area contributed by atoms with Crippen molar-refractivity contribution in [2.24, 2.45) is 11.8 Å². The van der Waals surface area contributed by atoms with E-state index in [4.69, 9.17) is 0 Å². The van der Waals surface area contributed by atoms with Gasteiger partial charge >= 0.3 is 5.97 Å². The van der Waals surface area contributed by atoms with E-state index in [2.05, 4.69) is 11.8 Å². The molecule has 0 aromatic carbocycles. The Labute approximate surface area is 103 Å². The van der Waals surface area contributed by atoms with Crippen LogP contribution in [0.2, 0.25) is 0 Å². The lowest BCUT2D eigenvalue weighted by molar-refractivity contribution is -0.154.